The number of hydrogen-bond donors (Lipinski definition) is 1. The maximum Gasteiger partial charge on any atom is 0.151 e. The average molecular weight is 195 g/mol. The predicted molar refractivity (Wildman–Crippen MR) is 50.1 cm³/mol. The second-order valence-electron chi connectivity index (χ2n) is 2.47. The number of pyridine rings is 1. The molecule has 0 radical (unpaired) electrons. The number of nitriles is 1. The third-order valence-corrected chi connectivity index (χ3v) is 2.96. The van der Waals surface area contributed by atoms with Gasteiger partial charge in [0.05, 0.1) is 22.6 Å². The van der Waals surface area contributed by atoms with E-state index in [2.05, 4.69) is 4.98 Å². The molecule has 0 saturated carbocycles. The van der Waals surface area contributed by atoms with Crippen LogP contribution in [0.5, 0.6) is 0 Å². The zero-order valence-electron chi connectivity index (χ0n) is 7.10. The second kappa shape index (κ2) is 4.01. The summed E-state index contributed by atoms with van der Waals surface area (Å²) < 4.78 is 11.5. The van der Waals surface area contributed by atoms with Crippen LogP contribution in [-0.4, -0.2) is 14.4 Å². The molecule has 0 aliphatic heterocycles. The van der Waals surface area contributed by atoms with Crippen LogP contribution >= 0.6 is 0 Å². The van der Waals surface area contributed by atoms with Gasteiger partial charge in [-0.15, -0.1) is 0 Å². The number of anilines is 1. The Bertz CT molecular complexity index is 372. The largest absolute Gasteiger partial charge is 0.396 e. The summed E-state index contributed by atoms with van der Waals surface area (Å²) in [6, 6.07) is 5.17. The van der Waals surface area contributed by atoms with Crippen molar-refractivity contribution in [2.24, 2.45) is 0 Å². The van der Waals surface area contributed by atoms with E-state index < -0.39 is 16.0 Å². The molecule has 0 aromatic carbocycles. The van der Waals surface area contributed by atoms with Gasteiger partial charge in [0, 0.05) is 6.20 Å². The highest BCUT2D eigenvalue weighted by Crippen LogP contribution is 2.14. The highest BCUT2D eigenvalue weighted by Gasteiger charge is 2.15. The first-order valence-electron chi connectivity index (χ1n) is 3.67. The minimum atomic E-state index is -1.44. The Morgan fingerprint density at radius 3 is 3.00 bits per heavy atom. The Morgan fingerprint density at radius 1 is 1.77 bits per heavy atom. The van der Waals surface area contributed by atoms with Crippen LogP contribution in [0.15, 0.2) is 23.4 Å². The first-order valence-corrected chi connectivity index (χ1v) is 4.88. The van der Waals surface area contributed by atoms with Gasteiger partial charge in [0.15, 0.2) is 5.03 Å². The predicted octanol–water partition coefficient (Wildman–Crippen LogP) is 0.683. The molecule has 0 fully saturated rings. The summed E-state index contributed by atoms with van der Waals surface area (Å²) >= 11 is 0. The summed E-state index contributed by atoms with van der Waals surface area (Å²) in [5, 5.41) is 8.25. The van der Waals surface area contributed by atoms with Crippen LogP contribution in [0.2, 0.25) is 0 Å². The van der Waals surface area contributed by atoms with Crippen molar-refractivity contribution >= 4 is 16.5 Å². The Balaban J connectivity index is 3.04. The minimum absolute atomic E-state index is 0.288. The summed E-state index contributed by atoms with van der Waals surface area (Å²) in [7, 11) is -1.44. The molecular formula is C8H9N3OS. The number of nitrogens with zero attached hydrogens (tertiary/aromatic N) is 2. The zero-order valence-corrected chi connectivity index (χ0v) is 7.91. The van der Waals surface area contributed by atoms with E-state index in [-0.39, 0.29) is 5.03 Å². The SMILES string of the molecule is CC(C#N)S(=O)c1ncccc1N. The Hall–Kier alpha value is -1.41. The smallest absolute Gasteiger partial charge is 0.151 e. The minimum Gasteiger partial charge on any atom is -0.396 e. The summed E-state index contributed by atoms with van der Waals surface area (Å²) in [5.41, 5.74) is 5.91. The maximum absolute atomic E-state index is 11.5. The van der Waals surface area contributed by atoms with Gasteiger partial charge in [-0.1, -0.05) is 0 Å². The van der Waals surface area contributed by atoms with E-state index in [4.69, 9.17) is 11.0 Å². The molecule has 1 heterocycles. The maximum atomic E-state index is 11.5. The fraction of sp³-hybridized carbons (Fsp3) is 0.250. The number of nitrogen functional groups attached to an aromatic ring is 1. The molecule has 0 amide bonds. The van der Waals surface area contributed by atoms with Crippen molar-refractivity contribution in [3.05, 3.63) is 18.3 Å². The fourth-order valence-electron chi connectivity index (χ4n) is 0.787. The molecule has 0 saturated heterocycles. The molecule has 0 aliphatic rings. The molecular weight excluding hydrogens is 186 g/mol. The summed E-state index contributed by atoms with van der Waals surface area (Å²) in [5.74, 6) is 0. The molecule has 0 aliphatic carbocycles. The van der Waals surface area contributed by atoms with Crippen LogP contribution in [0.1, 0.15) is 6.92 Å². The van der Waals surface area contributed by atoms with Crippen LogP contribution in [0.3, 0.4) is 0 Å². The van der Waals surface area contributed by atoms with E-state index in [9.17, 15) is 4.21 Å². The molecule has 0 bridgehead atoms. The Kier molecular flexibility index (Phi) is 2.98. The van der Waals surface area contributed by atoms with Crippen LogP contribution < -0.4 is 5.73 Å². The molecule has 1 aromatic heterocycles. The van der Waals surface area contributed by atoms with Crippen LogP contribution in [0.25, 0.3) is 0 Å². The highest BCUT2D eigenvalue weighted by molar-refractivity contribution is 7.86. The summed E-state index contributed by atoms with van der Waals surface area (Å²) in [6.07, 6.45) is 1.51. The number of hydrogen-bond acceptors (Lipinski definition) is 4. The number of rotatable bonds is 2. The standard InChI is InChI=1S/C8H9N3OS/c1-6(5-9)13(12)8-7(10)3-2-4-11-8/h2-4,6H,10H2,1H3. The Labute approximate surface area is 78.9 Å². The van der Waals surface area contributed by atoms with E-state index in [1.54, 1.807) is 19.1 Å². The van der Waals surface area contributed by atoms with Gasteiger partial charge in [-0.25, -0.2) is 4.98 Å². The third-order valence-electron chi connectivity index (χ3n) is 1.49. The van der Waals surface area contributed by atoms with Crippen molar-refractivity contribution in [1.29, 1.82) is 5.26 Å². The lowest BCUT2D eigenvalue weighted by Crippen LogP contribution is -2.11. The molecule has 2 atom stereocenters. The van der Waals surface area contributed by atoms with E-state index >= 15 is 0 Å². The topological polar surface area (TPSA) is 79.8 Å². The quantitative estimate of drug-likeness (QED) is 0.752. The molecule has 1 rings (SSSR count). The summed E-state index contributed by atoms with van der Waals surface area (Å²) in [6.45, 7) is 1.57. The molecule has 0 spiro atoms. The number of nitrogens with two attached hydrogens (primary N) is 1. The normalized spacial score (nSPS) is 14.5. The fourth-order valence-corrected chi connectivity index (χ4v) is 1.68. The first kappa shape index (κ1) is 9.68. The van der Waals surface area contributed by atoms with Gasteiger partial charge in [-0.2, -0.15) is 5.26 Å². The van der Waals surface area contributed by atoms with Gasteiger partial charge in [-0.3, -0.25) is 4.21 Å². The lowest BCUT2D eigenvalue weighted by atomic mass is 10.4. The molecule has 2 unspecified atom stereocenters. The van der Waals surface area contributed by atoms with Gasteiger partial charge < -0.3 is 5.73 Å². The van der Waals surface area contributed by atoms with Crippen LogP contribution in [0, 0.1) is 11.3 Å². The van der Waals surface area contributed by atoms with E-state index in [1.165, 1.54) is 6.20 Å². The average Bonchev–Trinajstić information content (AvgIpc) is 2.16. The molecule has 68 valence electrons. The van der Waals surface area contributed by atoms with Crippen molar-refractivity contribution in [2.75, 3.05) is 5.73 Å². The third kappa shape index (κ3) is 2.04. The van der Waals surface area contributed by atoms with Gasteiger partial charge >= 0.3 is 0 Å². The molecule has 4 nitrogen and oxygen atoms in total. The zero-order chi connectivity index (χ0) is 9.84. The van der Waals surface area contributed by atoms with Crippen molar-refractivity contribution in [2.45, 2.75) is 17.2 Å². The lowest BCUT2D eigenvalue weighted by molar-refractivity contribution is 0.677. The molecule has 5 heteroatoms. The van der Waals surface area contributed by atoms with E-state index in [0.717, 1.165) is 0 Å². The van der Waals surface area contributed by atoms with E-state index in [0.29, 0.717) is 5.69 Å². The van der Waals surface area contributed by atoms with Gasteiger partial charge in [0.1, 0.15) is 5.25 Å². The molecule has 13 heavy (non-hydrogen) atoms. The van der Waals surface area contributed by atoms with Gasteiger partial charge in [0.25, 0.3) is 0 Å². The Morgan fingerprint density at radius 2 is 2.46 bits per heavy atom. The van der Waals surface area contributed by atoms with Gasteiger partial charge in [0.2, 0.25) is 0 Å². The van der Waals surface area contributed by atoms with Crippen LogP contribution in [-0.2, 0) is 10.8 Å². The lowest BCUT2D eigenvalue weighted by Gasteiger charge is -2.04. The summed E-state index contributed by atoms with van der Waals surface area (Å²) in [4.78, 5) is 3.87. The van der Waals surface area contributed by atoms with Crippen molar-refractivity contribution in [3.63, 3.8) is 0 Å². The molecule has 2 N–H and O–H groups in total. The second-order valence-corrected chi connectivity index (χ2v) is 4.16. The number of aromatic nitrogens is 1. The van der Waals surface area contributed by atoms with E-state index in [1.807, 2.05) is 6.07 Å². The van der Waals surface area contributed by atoms with Crippen molar-refractivity contribution in [3.8, 4) is 6.07 Å². The highest BCUT2D eigenvalue weighted by atomic mass is 32.2. The van der Waals surface area contributed by atoms with Crippen molar-refractivity contribution in [1.82, 2.24) is 4.98 Å². The van der Waals surface area contributed by atoms with Gasteiger partial charge in [-0.05, 0) is 19.1 Å². The van der Waals surface area contributed by atoms with Crippen molar-refractivity contribution < 1.29 is 4.21 Å². The first-order chi connectivity index (χ1) is 6.16. The van der Waals surface area contributed by atoms with Crippen LogP contribution in [0.4, 0.5) is 5.69 Å². The monoisotopic (exact) mass is 195 g/mol. The molecule has 1 aromatic rings.